The molecule has 3 heteroatoms. The summed E-state index contributed by atoms with van der Waals surface area (Å²) in [5, 5.41) is 9.09. The second-order valence-corrected chi connectivity index (χ2v) is 4.26. The Bertz CT molecular complexity index is 206. The lowest BCUT2D eigenvalue weighted by atomic mass is 9.72. The number of rotatable bonds is 1. The van der Waals surface area contributed by atoms with E-state index < -0.39 is 5.97 Å². The van der Waals surface area contributed by atoms with Gasteiger partial charge >= 0.3 is 5.97 Å². The van der Waals surface area contributed by atoms with Gasteiger partial charge < -0.3 is 9.84 Å². The molecule has 1 spiro atoms. The van der Waals surface area contributed by atoms with E-state index in [0.29, 0.717) is 0 Å². The third kappa shape index (κ3) is 1.46. The van der Waals surface area contributed by atoms with Gasteiger partial charge in [-0.25, -0.2) is 0 Å². The summed E-state index contributed by atoms with van der Waals surface area (Å²) in [5.41, 5.74) is 0.0874. The molecule has 0 aromatic heterocycles. The lowest BCUT2D eigenvalue weighted by Gasteiger charge is -2.36. The van der Waals surface area contributed by atoms with Crippen molar-refractivity contribution in [3.63, 3.8) is 0 Å². The quantitative estimate of drug-likeness (QED) is 0.674. The fraction of sp³-hybridized carbons (Fsp3) is 0.900. The van der Waals surface area contributed by atoms with Crippen LogP contribution in [0.5, 0.6) is 0 Å². The smallest absolute Gasteiger partial charge is 0.307 e. The molecule has 1 aliphatic carbocycles. The minimum absolute atomic E-state index is 0.0874. The molecule has 1 aliphatic heterocycles. The first-order valence-corrected chi connectivity index (χ1v) is 5.05. The van der Waals surface area contributed by atoms with Crippen molar-refractivity contribution in [1.82, 2.24) is 0 Å². The number of hydrogen-bond donors (Lipinski definition) is 1. The van der Waals surface area contributed by atoms with E-state index in [9.17, 15) is 4.79 Å². The molecule has 2 rings (SSSR count). The van der Waals surface area contributed by atoms with Crippen LogP contribution in [0.2, 0.25) is 0 Å². The van der Waals surface area contributed by atoms with Gasteiger partial charge in [-0.2, -0.15) is 0 Å². The Kier molecular flexibility index (Phi) is 2.28. The van der Waals surface area contributed by atoms with Crippen LogP contribution in [0.15, 0.2) is 0 Å². The van der Waals surface area contributed by atoms with Crippen LogP contribution in [0.25, 0.3) is 0 Å². The number of carbonyl (C=O) groups is 1. The number of aliphatic carboxylic acids is 1. The van der Waals surface area contributed by atoms with E-state index in [-0.39, 0.29) is 11.3 Å². The summed E-state index contributed by atoms with van der Waals surface area (Å²) >= 11 is 0. The number of carboxylic acids is 1. The van der Waals surface area contributed by atoms with Crippen molar-refractivity contribution < 1.29 is 14.6 Å². The second-order valence-electron chi connectivity index (χ2n) is 4.26. The van der Waals surface area contributed by atoms with Gasteiger partial charge in [-0.15, -0.1) is 0 Å². The predicted molar refractivity (Wildman–Crippen MR) is 47.5 cm³/mol. The van der Waals surface area contributed by atoms with Crippen molar-refractivity contribution in [2.45, 2.75) is 32.1 Å². The highest BCUT2D eigenvalue weighted by Crippen LogP contribution is 2.50. The average molecular weight is 184 g/mol. The SMILES string of the molecule is O=C(O)C1CCCC12CCOCC2. The minimum atomic E-state index is -0.598. The van der Waals surface area contributed by atoms with E-state index in [1.807, 2.05) is 0 Å². The molecule has 13 heavy (non-hydrogen) atoms. The van der Waals surface area contributed by atoms with Gasteiger partial charge in [0.1, 0.15) is 0 Å². The zero-order valence-electron chi connectivity index (χ0n) is 7.79. The van der Waals surface area contributed by atoms with Crippen LogP contribution >= 0.6 is 0 Å². The topological polar surface area (TPSA) is 46.5 Å². The summed E-state index contributed by atoms with van der Waals surface area (Å²) in [4.78, 5) is 11.0. The lowest BCUT2D eigenvalue weighted by Crippen LogP contribution is -2.36. The van der Waals surface area contributed by atoms with Gasteiger partial charge in [-0.05, 0) is 31.1 Å². The molecule has 0 aromatic rings. The molecule has 1 atom stereocenters. The number of hydrogen-bond acceptors (Lipinski definition) is 2. The van der Waals surface area contributed by atoms with Crippen molar-refractivity contribution >= 4 is 5.97 Å². The summed E-state index contributed by atoms with van der Waals surface area (Å²) in [6.45, 7) is 1.51. The third-order valence-corrected chi connectivity index (χ3v) is 3.69. The molecule has 0 aromatic carbocycles. The highest BCUT2D eigenvalue weighted by molar-refractivity contribution is 5.71. The molecule has 0 bridgehead atoms. The Morgan fingerprint density at radius 1 is 1.31 bits per heavy atom. The zero-order chi connectivity index (χ0) is 9.31. The molecule has 74 valence electrons. The van der Waals surface area contributed by atoms with Gasteiger partial charge in [0, 0.05) is 13.2 Å². The normalized spacial score (nSPS) is 32.2. The average Bonchev–Trinajstić information content (AvgIpc) is 2.50. The first kappa shape index (κ1) is 9.00. The van der Waals surface area contributed by atoms with Crippen LogP contribution in [0, 0.1) is 11.3 Å². The van der Waals surface area contributed by atoms with Gasteiger partial charge in [0.25, 0.3) is 0 Å². The van der Waals surface area contributed by atoms with E-state index in [2.05, 4.69) is 0 Å². The maximum Gasteiger partial charge on any atom is 0.307 e. The van der Waals surface area contributed by atoms with Gasteiger partial charge in [-0.1, -0.05) is 6.42 Å². The van der Waals surface area contributed by atoms with E-state index in [1.165, 1.54) is 0 Å². The molecule has 0 amide bonds. The molecule has 2 aliphatic rings. The van der Waals surface area contributed by atoms with Gasteiger partial charge in [0.15, 0.2) is 0 Å². The number of ether oxygens (including phenoxy) is 1. The van der Waals surface area contributed by atoms with Gasteiger partial charge in [-0.3, -0.25) is 4.79 Å². The largest absolute Gasteiger partial charge is 0.481 e. The van der Waals surface area contributed by atoms with Gasteiger partial charge in [0.2, 0.25) is 0 Å². The Morgan fingerprint density at radius 3 is 2.62 bits per heavy atom. The van der Waals surface area contributed by atoms with Crippen LogP contribution in [0.4, 0.5) is 0 Å². The molecule has 3 nitrogen and oxygen atoms in total. The first-order valence-electron chi connectivity index (χ1n) is 5.05. The zero-order valence-corrected chi connectivity index (χ0v) is 7.79. The molecule has 1 heterocycles. The van der Waals surface area contributed by atoms with Crippen LogP contribution in [-0.4, -0.2) is 24.3 Å². The number of carboxylic acid groups (broad SMARTS) is 1. The standard InChI is InChI=1S/C10H16O3/c11-9(12)8-2-1-3-10(8)4-6-13-7-5-10/h8H,1-7H2,(H,11,12). The van der Waals surface area contributed by atoms with Crippen molar-refractivity contribution in [2.75, 3.05) is 13.2 Å². The Labute approximate surface area is 78.1 Å². The summed E-state index contributed by atoms with van der Waals surface area (Å²) < 4.78 is 5.29. The van der Waals surface area contributed by atoms with Crippen molar-refractivity contribution in [2.24, 2.45) is 11.3 Å². The van der Waals surface area contributed by atoms with Crippen molar-refractivity contribution in [1.29, 1.82) is 0 Å². The third-order valence-electron chi connectivity index (χ3n) is 3.69. The predicted octanol–water partition coefficient (Wildman–Crippen LogP) is 1.67. The van der Waals surface area contributed by atoms with Crippen LogP contribution in [-0.2, 0) is 9.53 Å². The van der Waals surface area contributed by atoms with E-state index in [1.54, 1.807) is 0 Å². The van der Waals surface area contributed by atoms with Crippen LogP contribution in [0.3, 0.4) is 0 Å². The molecule has 1 N–H and O–H groups in total. The second kappa shape index (κ2) is 3.29. The molecule has 2 fully saturated rings. The summed E-state index contributed by atoms with van der Waals surface area (Å²) in [6.07, 6.45) is 4.94. The molecule has 1 saturated carbocycles. The Balaban J connectivity index is 2.13. The fourth-order valence-electron chi connectivity index (χ4n) is 2.90. The molecule has 1 saturated heterocycles. The summed E-state index contributed by atoms with van der Waals surface area (Å²) in [7, 11) is 0. The van der Waals surface area contributed by atoms with Crippen LogP contribution in [0.1, 0.15) is 32.1 Å². The summed E-state index contributed by atoms with van der Waals surface area (Å²) in [5.74, 6) is -0.698. The van der Waals surface area contributed by atoms with E-state index in [4.69, 9.17) is 9.84 Å². The first-order chi connectivity index (χ1) is 6.25. The maximum atomic E-state index is 11.0. The monoisotopic (exact) mass is 184 g/mol. The molecule has 0 radical (unpaired) electrons. The minimum Gasteiger partial charge on any atom is -0.481 e. The fourth-order valence-corrected chi connectivity index (χ4v) is 2.90. The highest BCUT2D eigenvalue weighted by atomic mass is 16.5. The maximum absolute atomic E-state index is 11.0. The van der Waals surface area contributed by atoms with Crippen molar-refractivity contribution in [3.8, 4) is 0 Å². The molecular formula is C10H16O3. The Morgan fingerprint density at radius 2 is 2.00 bits per heavy atom. The van der Waals surface area contributed by atoms with Gasteiger partial charge in [0.05, 0.1) is 5.92 Å². The molecular weight excluding hydrogens is 168 g/mol. The van der Waals surface area contributed by atoms with E-state index in [0.717, 1.165) is 45.3 Å². The molecule has 1 unspecified atom stereocenters. The Hall–Kier alpha value is -0.570. The van der Waals surface area contributed by atoms with E-state index >= 15 is 0 Å². The lowest BCUT2D eigenvalue weighted by molar-refractivity contribution is -0.148. The summed E-state index contributed by atoms with van der Waals surface area (Å²) in [6, 6.07) is 0. The highest BCUT2D eigenvalue weighted by Gasteiger charge is 2.47. The van der Waals surface area contributed by atoms with Crippen molar-refractivity contribution in [3.05, 3.63) is 0 Å². The van der Waals surface area contributed by atoms with Crippen LogP contribution < -0.4 is 0 Å².